The first-order chi connectivity index (χ1) is 11.2. The molecule has 4 rings (SSSR count). The Labute approximate surface area is 129 Å². The van der Waals surface area contributed by atoms with Crippen LogP contribution in [0.15, 0.2) is 41.5 Å². The molecule has 0 unspecified atom stereocenters. The van der Waals surface area contributed by atoms with Gasteiger partial charge in [-0.15, -0.1) is 0 Å². The van der Waals surface area contributed by atoms with Gasteiger partial charge < -0.3 is 4.57 Å². The summed E-state index contributed by atoms with van der Waals surface area (Å²) in [4.78, 5) is 12.4. The van der Waals surface area contributed by atoms with Gasteiger partial charge >= 0.3 is 0 Å². The monoisotopic (exact) mass is 310 g/mol. The van der Waals surface area contributed by atoms with E-state index in [-0.39, 0.29) is 11.3 Å². The van der Waals surface area contributed by atoms with Gasteiger partial charge in [-0.3, -0.25) is 0 Å². The molecule has 0 fully saturated rings. The molecule has 114 valence electrons. The van der Waals surface area contributed by atoms with Crippen LogP contribution in [0.4, 0.5) is 4.39 Å². The molecule has 1 aromatic carbocycles. The summed E-state index contributed by atoms with van der Waals surface area (Å²) in [6, 6.07) is 4.83. The van der Waals surface area contributed by atoms with Crippen LogP contribution in [0, 0.1) is 12.7 Å². The zero-order chi connectivity index (χ0) is 15.8. The van der Waals surface area contributed by atoms with E-state index in [1.165, 1.54) is 12.4 Å². The third kappa shape index (κ3) is 2.24. The zero-order valence-corrected chi connectivity index (χ0v) is 12.1. The van der Waals surface area contributed by atoms with E-state index in [0.29, 0.717) is 29.3 Å². The van der Waals surface area contributed by atoms with Gasteiger partial charge in [0.15, 0.2) is 17.3 Å². The van der Waals surface area contributed by atoms with E-state index in [0.717, 1.165) is 5.56 Å². The molecule has 7 nitrogen and oxygen atoms in total. The minimum atomic E-state index is -0.388. The van der Waals surface area contributed by atoms with Crippen LogP contribution >= 0.6 is 0 Å². The number of rotatable bonds is 3. The highest BCUT2D eigenvalue weighted by Crippen LogP contribution is 2.27. The van der Waals surface area contributed by atoms with Gasteiger partial charge in [0, 0.05) is 18.0 Å². The Hall–Kier alpha value is -3.16. The van der Waals surface area contributed by atoms with E-state index < -0.39 is 0 Å². The van der Waals surface area contributed by atoms with Crippen LogP contribution in [0.2, 0.25) is 0 Å². The van der Waals surface area contributed by atoms with Gasteiger partial charge in [0.25, 0.3) is 0 Å². The minimum absolute atomic E-state index is 0.279. The minimum Gasteiger partial charge on any atom is -0.318 e. The molecular weight excluding hydrogens is 299 g/mol. The van der Waals surface area contributed by atoms with Gasteiger partial charge in [0.05, 0.1) is 12.1 Å². The van der Waals surface area contributed by atoms with Crippen LogP contribution in [0.3, 0.4) is 0 Å². The second-order valence-electron chi connectivity index (χ2n) is 5.07. The Balaban J connectivity index is 1.96. The number of aryl methyl sites for hydroxylation is 1. The highest BCUT2D eigenvalue weighted by molar-refractivity contribution is 5.81. The number of imidazole rings is 1. The Morgan fingerprint density at radius 2 is 2.00 bits per heavy atom. The van der Waals surface area contributed by atoms with Crippen molar-refractivity contribution >= 4 is 11.0 Å². The average Bonchev–Trinajstić information content (AvgIpc) is 3.13. The van der Waals surface area contributed by atoms with Crippen LogP contribution in [-0.2, 0) is 6.54 Å². The molecule has 0 aliphatic rings. The summed E-state index contributed by atoms with van der Waals surface area (Å²) >= 11 is 0. The van der Waals surface area contributed by atoms with Crippen LogP contribution < -0.4 is 0 Å². The third-order valence-electron chi connectivity index (χ3n) is 3.55. The predicted octanol–water partition coefficient (Wildman–Crippen LogP) is 2.37. The summed E-state index contributed by atoms with van der Waals surface area (Å²) in [5.41, 5.74) is 2.88. The van der Waals surface area contributed by atoms with E-state index >= 15 is 0 Å². The second-order valence-corrected chi connectivity index (χ2v) is 5.07. The fourth-order valence-corrected chi connectivity index (χ4v) is 2.48. The smallest absolute Gasteiger partial charge is 0.173 e. The lowest BCUT2D eigenvalue weighted by atomic mass is 10.2. The molecule has 0 N–H and O–H groups in total. The molecule has 0 saturated carbocycles. The van der Waals surface area contributed by atoms with Crippen molar-refractivity contribution in [2.24, 2.45) is 0 Å². The van der Waals surface area contributed by atoms with Crippen molar-refractivity contribution < 1.29 is 9.02 Å². The average molecular weight is 310 g/mol. The van der Waals surface area contributed by atoms with E-state index in [1.54, 1.807) is 25.4 Å². The number of fused-ring (bicyclic) bond motifs is 1. The molecule has 8 heteroatoms. The molecule has 0 spiro atoms. The summed E-state index contributed by atoms with van der Waals surface area (Å²) in [6.07, 6.45) is 4.87. The summed E-state index contributed by atoms with van der Waals surface area (Å²) in [5.74, 6) is 0.105. The molecule has 3 heterocycles. The van der Waals surface area contributed by atoms with Gasteiger partial charge in [0.1, 0.15) is 17.5 Å². The number of hydrogen-bond acceptors (Lipinski definition) is 6. The van der Waals surface area contributed by atoms with E-state index in [9.17, 15) is 4.39 Å². The van der Waals surface area contributed by atoms with Gasteiger partial charge in [-0.2, -0.15) is 0 Å². The normalized spacial score (nSPS) is 11.2. The Bertz CT molecular complexity index is 978. The van der Waals surface area contributed by atoms with Gasteiger partial charge in [-0.05, 0) is 24.2 Å². The molecular formula is C15H11FN6O. The quantitative estimate of drug-likeness (QED) is 0.578. The highest BCUT2D eigenvalue weighted by Gasteiger charge is 2.20. The molecule has 0 radical (unpaired) electrons. The summed E-state index contributed by atoms with van der Waals surface area (Å²) < 4.78 is 20.7. The van der Waals surface area contributed by atoms with E-state index in [2.05, 4.69) is 25.3 Å². The number of para-hydroxylation sites is 1. The fraction of sp³-hybridized carbons (Fsp3) is 0.133. The van der Waals surface area contributed by atoms with E-state index in [4.69, 9.17) is 4.63 Å². The molecule has 4 aromatic rings. The maximum absolute atomic E-state index is 14.1. The standard InChI is InChI=1S/C15H11FN6O/c1-9-13(21-23-20-9)15-19-14-11(16)3-2-4-12(14)22(15)7-10-5-17-8-18-6-10/h2-6,8H,7H2,1H3. The first kappa shape index (κ1) is 13.5. The zero-order valence-electron chi connectivity index (χ0n) is 12.1. The van der Waals surface area contributed by atoms with Gasteiger partial charge in [-0.25, -0.2) is 24.0 Å². The first-order valence-corrected chi connectivity index (χ1v) is 6.92. The van der Waals surface area contributed by atoms with Crippen molar-refractivity contribution in [2.75, 3.05) is 0 Å². The molecule has 0 saturated heterocycles. The van der Waals surface area contributed by atoms with Gasteiger partial charge in [-0.1, -0.05) is 11.2 Å². The Kier molecular flexibility index (Phi) is 3.07. The van der Waals surface area contributed by atoms with Crippen LogP contribution in [0.1, 0.15) is 11.3 Å². The van der Waals surface area contributed by atoms with Crippen molar-refractivity contribution in [1.82, 2.24) is 29.8 Å². The van der Waals surface area contributed by atoms with Crippen LogP contribution in [0.25, 0.3) is 22.6 Å². The number of benzene rings is 1. The van der Waals surface area contributed by atoms with Crippen molar-refractivity contribution in [3.63, 3.8) is 0 Å². The maximum atomic E-state index is 14.1. The molecule has 0 aliphatic carbocycles. The molecule has 0 atom stereocenters. The lowest BCUT2D eigenvalue weighted by molar-refractivity contribution is 0.305. The summed E-state index contributed by atoms with van der Waals surface area (Å²) in [5, 5.41) is 7.67. The Morgan fingerprint density at radius 1 is 1.17 bits per heavy atom. The second kappa shape index (κ2) is 5.24. The van der Waals surface area contributed by atoms with Crippen molar-refractivity contribution in [1.29, 1.82) is 0 Å². The van der Waals surface area contributed by atoms with Gasteiger partial charge in [0.2, 0.25) is 0 Å². The lowest BCUT2D eigenvalue weighted by Crippen LogP contribution is -2.04. The molecule has 23 heavy (non-hydrogen) atoms. The third-order valence-corrected chi connectivity index (χ3v) is 3.55. The topological polar surface area (TPSA) is 82.5 Å². The molecule has 0 aliphatic heterocycles. The number of nitrogens with zero attached hydrogens (tertiary/aromatic N) is 6. The van der Waals surface area contributed by atoms with Crippen LogP contribution in [0.5, 0.6) is 0 Å². The number of halogens is 1. The van der Waals surface area contributed by atoms with Crippen molar-refractivity contribution in [3.05, 3.63) is 54.0 Å². The highest BCUT2D eigenvalue weighted by atomic mass is 19.1. The number of aromatic nitrogens is 6. The lowest BCUT2D eigenvalue weighted by Gasteiger charge is -2.07. The van der Waals surface area contributed by atoms with Crippen molar-refractivity contribution in [3.8, 4) is 11.5 Å². The largest absolute Gasteiger partial charge is 0.318 e. The SMILES string of the molecule is Cc1nonc1-c1nc2c(F)cccc2n1Cc1cncnc1. The fourth-order valence-electron chi connectivity index (χ4n) is 2.48. The summed E-state index contributed by atoms with van der Waals surface area (Å²) in [6.45, 7) is 2.19. The maximum Gasteiger partial charge on any atom is 0.173 e. The molecule has 3 aromatic heterocycles. The van der Waals surface area contributed by atoms with Crippen molar-refractivity contribution in [2.45, 2.75) is 13.5 Å². The van der Waals surface area contributed by atoms with Crippen LogP contribution in [-0.4, -0.2) is 29.8 Å². The number of hydrogen-bond donors (Lipinski definition) is 0. The Morgan fingerprint density at radius 3 is 2.74 bits per heavy atom. The summed E-state index contributed by atoms with van der Waals surface area (Å²) in [7, 11) is 0. The molecule has 0 bridgehead atoms. The predicted molar refractivity (Wildman–Crippen MR) is 78.9 cm³/mol. The van der Waals surface area contributed by atoms with E-state index in [1.807, 2.05) is 10.6 Å². The first-order valence-electron chi connectivity index (χ1n) is 6.92. The molecule has 0 amide bonds.